The van der Waals surface area contributed by atoms with Crippen molar-refractivity contribution in [2.45, 2.75) is 12.5 Å². The maximum Gasteiger partial charge on any atom is 0.306 e. The van der Waals surface area contributed by atoms with E-state index in [1.165, 1.54) is 0 Å². The number of morpholine rings is 1. The van der Waals surface area contributed by atoms with Crippen LogP contribution in [0.25, 0.3) is 0 Å². The van der Waals surface area contributed by atoms with Gasteiger partial charge in [0, 0.05) is 18.1 Å². The summed E-state index contributed by atoms with van der Waals surface area (Å²) in [5, 5.41) is 9.28. The molecule has 1 fully saturated rings. The van der Waals surface area contributed by atoms with Crippen LogP contribution in [-0.4, -0.2) is 54.3 Å². The molecule has 0 aromatic heterocycles. The summed E-state index contributed by atoms with van der Waals surface area (Å²) in [4.78, 5) is 24.3. The highest BCUT2D eigenvalue weighted by Crippen LogP contribution is 2.17. The number of hydrogen-bond acceptors (Lipinski definition) is 4. The Hall–Kier alpha value is -1.79. The number of carboxylic acid groups (broad SMARTS) is 1. The second-order valence-electron chi connectivity index (χ2n) is 4.68. The van der Waals surface area contributed by atoms with E-state index in [0.29, 0.717) is 23.9 Å². The first-order chi connectivity index (χ1) is 10.0. The molecule has 1 aromatic rings. The Bertz CT molecular complexity index is 522. The summed E-state index contributed by atoms with van der Waals surface area (Å²) in [6, 6.07) is 6.79. The van der Waals surface area contributed by atoms with E-state index in [4.69, 9.17) is 26.2 Å². The second kappa shape index (κ2) is 7.28. The summed E-state index contributed by atoms with van der Waals surface area (Å²) in [6.45, 7) is 0.929. The molecule has 1 N–H and O–H groups in total. The first kappa shape index (κ1) is 15.6. The molecule has 1 atom stereocenters. The van der Waals surface area contributed by atoms with Crippen LogP contribution in [0.1, 0.15) is 6.42 Å². The number of rotatable bonds is 5. The highest BCUT2D eigenvalue weighted by molar-refractivity contribution is 6.30. The minimum absolute atomic E-state index is 0.111. The van der Waals surface area contributed by atoms with E-state index in [1.807, 2.05) is 0 Å². The Balaban J connectivity index is 1.83. The maximum atomic E-state index is 12.1. The van der Waals surface area contributed by atoms with Crippen molar-refractivity contribution >= 4 is 23.5 Å². The molecule has 0 radical (unpaired) electrons. The second-order valence-corrected chi connectivity index (χ2v) is 5.11. The number of amides is 1. The van der Waals surface area contributed by atoms with Crippen LogP contribution in [0.5, 0.6) is 5.75 Å². The molecule has 1 unspecified atom stereocenters. The minimum atomic E-state index is -0.940. The van der Waals surface area contributed by atoms with Crippen LogP contribution in [0.3, 0.4) is 0 Å². The molecule has 0 aliphatic carbocycles. The lowest BCUT2D eigenvalue weighted by molar-refractivity contribution is -0.148. The number of hydrogen-bond donors (Lipinski definition) is 1. The smallest absolute Gasteiger partial charge is 0.306 e. The highest BCUT2D eigenvalue weighted by Gasteiger charge is 2.26. The number of nitrogens with zero attached hydrogens (tertiary/aromatic N) is 1. The summed E-state index contributed by atoms with van der Waals surface area (Å²) < 4.78 is 10.7. The third kappa shape index (κ3) is 4.91. The van der Waals surface area contributed by atoms with Gasteiger partial charge >= 0.3 is 5.97 Å². The monoisotopic (exact) mass is 313 g/mol. The van der Waals surface area contributed by atoms with Gasteiger partial charge in [-0.2, -0.15) is 0 Å². The van der Waals surface area contributed by atoms with Crippen molar-refractivity contribution in [2.75, 3.05) is 26.3 Å². The fraction of sp³-hybridized carbons (Fsp3) is 0.429. The SMILES string of the molecule is O=C(O)CC1CN(C(=O)COc2cccc(Cl)c2)CCO1. The molecule has 0 bridgehead atoms. The molecule has 0 saturated carbocycles. The molecule has 21 heavy (non-hydrogen) atoms. The summed E-state index contributed by atoms with van der Waals surface area (Å²) >= 11 is 5.83. The Kier molecular flexibility index (Phi) is 5.41. The van der Waals surface area contributed by atoms with Crippen LogP contribution in [0, 0.1) is 0 Å². The van der Waals surface area contributed by atoms with E-state index < -0.39 is 12.1 Å². The summed E-state index contributed by atoms with van der Waals surface area (Å²) in [6.07, 6.45) is -0.578. The van der Waals surface area contributed by atoms with Gasteiger partial charge in [-0.3, -0.25) is 9.59 Å². The molecule has 114 valence electrons. The first-order valence-electron chi connectivity index (χ1n) is 6.54. The Morgan fingerprint density at radius 1 is 1.48 bits per heavy atom. The average molecular weight is 314 g/mol. The van der Waals surface area contributed by atoms with Gasteiger partial charge in [-0.15, -0.1) is 0 Å². The molecule has 1 amide bonds. The Labute approximate surface area is 127 Å². The number of halogens is 1. The fourth-order valence-corrected chi connectivity index (χ4v) is 2.24. The largest absolute Gasteiger partial charge is 0.484 e. The van der Waals surface area contributed by atoms with Gasteiger partial charge < -0.3 is 19.5 Å². The predicted octanol–water partition coefficient (Wildman–Crippen LogP) is 1.42. The van der Waals surface area contributed by atoms with Crippen molar-refractivity contribution in [3.05, 3.63) is 29.3 Å². The standard InChI is InChI=1S/C14H16ClNO5/c15-10-2-1-3-11(6-10)21-9-13(17)16-4-5-20-12(8-16)7-14(18)19/h1-3,6,12H,4-5,7-9H2,(H,18,19). The lowest BCUT2D eigenvalue weighted by atomic mass is 10.2. The zero-order valence-corrected chi connectivity index (χ0v) is 12.1. The molecular weight excluding hydrogens is 298 g/mol. The van der Waals surface area contributed by atoms with Crippen molar-refractivity contribution in [3.8, 4) is 5.75 Å². The number of benzene rings is 1. The zero-order chi connectivity index (χ0) is 15.2. The molecule has 1 aliphatic rings. The normalized spacial score (nSPS) is 18.3. The molecular formula is C14H16ClNO5. The van der Waals surface area contributed by atoms with Crippen LogP contribution >= 0.6 is 11.6 Å². The van der Waals surface area contributed by atoms with Gasteiger partial charge in [-0.05, 0) is 18.2 Å². The van der Waals surface area contributed by atoms with Gasteiger partial charge in [0.25, 0.3) is 5.91 Å². The number of carbonyl (C=O) groups excluding carboxylic acids is 1. The average Bonchev–Trinajstić information content (AvgIpc) is 2.44. The Morgan fingerprint density at radius 3 is 3.00 bits per heavy atom. The van der Waals surface area contributed by atoms with Crippen molar-refractivity contribution in [3.63, 3.8) is 0 Å². The van der Waals surface area contributed by atoms with Gasteiger partial charge in [0.15, 0.2) is 6.61 Å². The van der Waals surface area contributed by atoms with Crippen LogP contribution in [0.4, 0.5) is 0 Å². The van der Waals surface area contributed by atoms with Gasteiger partial charge in [-0.25, -0.2) is 0 Å². The molecule has 1 heterocycles. The van der Waals surface area contributed by atoms with Crippen LogP contribution in [-0.2, 0) is 14.3 Å². The first-order valence-corrected chi connectivity index (χ1v) is 6.92. The maximum absolute atomic E-state index is 12.1. The van der Waals surface area contributed by atoms with Crippen molar-refractivity contribution in [1.82, 2.24) is 4.90 Å². The predicted molar refractivity (Wildman–Crippen MR) is 75.5 cm³/mol. The van der Waals surface area contributed by atoms with Gasteiger partial charge in [0.05, 0.1) is 19.1 Å². The highest BCUT2D eigenvalue weighted by atomic mass is 35.5. The molecule has 7 heteroatoms. The van der Waals surface area contributed by atoms with Crippen molar-refractivity contribution in [1.29, 1.82) is 0 Å². The quantitative estimate of drug-likeness (QED) is 0.889. The molecule has 6 nitrogen and oxygen atoms in total. The molecule has 2 rings (SSSR count). The van der Waals surface area contributed by atoms with Crippen molar-refractivity contribution < 1.29 is 24.2 Å². The summed E-state index contributed by atoms with van der Waals surface area (Å²) in [5.74, 6) is -0.621. The van der Waals surface area contributed by atoms with Crippen LogP contribution in [0.15, 0.2) is 24.3 Å². The van der Waals surface area contributed by atoms with E-state index in [2.05, 4.69) is 0 Å². The van der Waals surface area contributed by atoms with E-state index >= 15 is 0 Å². The fourth-order valence-electron chi connectivity index (χ4n) is 2.06. The molecule has 0 spiro atoms. The van der Waals surface area contributed by atoms with Crippen molar-refractivity contribution in [2.24, 2.45) is 0 Å². The van der Waals surface area contributed by atoms with Crippen LogP contribution < -0.4 is 4.74 Å². The minimum Gasteiger partial charge on any atom is -0.484 e. The lowest BCUT2D eigenvalue weighted by Gasteiger charge is -2.32. The van der Waals surface area contributed by atoms with Gasteiger partial charge in [0.1, 0.15) is 5.75 Å². The van der Waals surface area contributed by atoms with Gasteiger partial charge in [0.2, 0.25) is 0 Å². The Morgan fingerprint density at radius 2 is 2.29 bits per heavy atom. The van der Waals surface area contributed by atoms with E-state index in [-0.39, 0.29) is 25.5 Å². The number of aliphatic carboxylic acids is 1. The third-order valence-electron chi connectivity index (χ3n) is 3.05. The summed E-state index contributed by atoms with van der Waals surface area (Å²) in [7, 11) is 0. The molecule has 1 saturated heterocycles. The lowest BCUT2D eigenvalue weighted by Crippen LogP contribution is -2.47. The number of carbonyl (C=O) groups is 2. The van der Waals surface area contributed by atoms with Gasteiger partial charge in [-0.1, -0.05) is 17.7 Å². The molecule has 1 aliphatic heterocycles. The number of ether oxygens (including phenoxy) is 2. The van der Waals surface area contributed by atoms with E-state index in [1.54, 1.807) is 29.2 Å². The van der Waals surface area contributed by atoms with Crippen LogP contribution in [0.2, 0.25) is 5.02 Å². The topological polar surface area (TPSA) is 76.1 Å². The van der Waals surface area contributed by atoms with E-state index in [0.717, 1.165) is 0 Å². The zero-order valence-electron chi connectivity index (χ0n) is 11.3. The summed E-state index contributed by atoms with van der Waals surface area (Å²) in [5.41, 5.74) is 0. The van der Waals surface area contributed by atoms with E-state index in [9.17, 15) is 9.59 Å². The molecule has 1 aromatic carbocycles. The number of carboxylic acids is 1. The third-order valence-corrected chi connectivity index (χ3v) is 3.29.